The van der Waals surface area contributed by atoms with E-state index < -0.39 is 0 Å². The van der Waals surface area contributed by atoms with Crippen molar-refractivity contribution in [2.75, 3.05) is 11.9 Å². The molecule has 2 heterocycles. The third kappa shape index (κ3) is 2.65. The molecule has 5 heteroatoms. The minimum Gasteiger partial charge on any atom is -0.494 e. The van der Waals surface area contributed by atoms with Gasteiger partial charge in [0.1, 0.15) is 18.1 Å². The zero-order valence-corrected chi connectivity index (χ0v) is 13.4. The average Bonchev–Trinajstić information content (AvgIpc) is 3.11. The Kier molecular flexibility index (Phi) is 3.75. The molecule has 0 unspecified atom stereocenters. The predicted molar refractivity (Wildman–Crippen MR) is 93.8 cm³/mol. The zero-order valence-electron chi connectivity index (χ0n) is 13.4. The fourth-order valence-corrected chi connectivity index (χ4v) is 2.89. The van der Waals surface area contributed by atoms with Gasteiger partial charge in [-0.3, -0.25) is 0 Å². The Morgan fingerprint density at radius 1 is 1.08 bits per heavy atom. The molecule has 3 aromatic rings. The number of aromatic nitrogens is 3. The Morgan fingerprint density at radius 2 is 1.88 bits per heavy atom. The summed E-state index contributed by atoms with van der Waals surface area (Å²) in [5.74, 6) is 1.62. The van der Waals surface area contributed by atoms with Crippen LogP contribution in [-0.2, 0) is 0 Å². The molecule has 1 aliphatic rings. The van der Waals surface area contributed by atoms with Gasteiger partial charge in [0.15, 0.2) is 0 Å². The van der Waals surface area contributed by atoms with Crippen molar-refractivity contribution in [3.63, 3.8) is 0 Å². The lowest BCUT2D eigenvalue weighted by atomic mass is 10.0. The van der Waals surface area contributed by atoms with E-state index in [4.69, 9.17) is 4.74 Å². The highest BCUT2D eigenvalue weighted by molar-refractivity contribution is 5.77. The van der Waals surface area contributed by atoms with Gasteiger partial charge >= 0.3 is 0 Å². The van der Waals surface area contributed by atoms with Crippen LogP contribution < -0.4 is 10.1 Å². The number of hydrogen-bond acceptors (Lipinski definition) is 4. The SMILES string of the molecule is CCOc1ccc(C2=C[C@@H](c3ccccc3)n3ncnc3N2)cc1. The van der Waals surface area contributed by atoms with Crippen molar-refractivity contribution < 1.29 is 4.74 Å². The third-order valence-electron chi connectivity index (χ3n) is 4.02. The van der Waals surface area contributed by atoms with Crippen molar-refractivity contribution in [1.82, 2.24) is 14.8 Å². The van der Waals surface area contributed by atoms with Gasteiger partial charge in [-0.15, -0.1) is 0 Å². The van der Waals surface area contributed by atoms with E-state index in [-0.39, 0.29) is 6.04 Å². The number of benzene rings is 2. The van der Waals surface area contributed by atoms with Gasteiger partial charge in [0.05, 0.1) is 6.61 Å². The Bertz CT molecular complexity index is 853. The first-order valence-corrected chi connectivity index (χ1v) is 8.01. The van der Waals surface area contributed by atoms with Gasteiger partial charge in [0, 0.05) is 5.70 Å². The molecule has 0 amide bonds. The Hall–Kier alpha value is -3.08. The summed E-state index contributed by atoms with van der Waals surface area (Å²) >= 11 is 0. The van der Waals surface area contributed by atoms with E-state index in [1.54, 1.807) is 6.33 Å². The van der Waals surface area contributed by atoms with Crippen molar-refractivity contribution in [3.05, 3.63) is 78.1 Å². The van der Waals surface area contributed by atoms with E-state index in [2.05, 4.69) is 45.7 Å². The molecule has 5 nitrogen and oxygen atoms in total. The summed E-state index contributed by atoms with van der Waals surface area (Å²) in [6.07, 6.45) is 3.75. The summed E-state index contributed by atoms with van der Waals surface area (Å²) in [6, 6.07) is 18.4. The summed E-state index contributed by atoms with van der Waals surface area (Å²) < 4.78 is 7.41. The number of rotatable bonds is 4. The molecule has 1 N–H and O–H groups in total. The van der Waals surface area contributed by atoms with Gasteiger partial charge in [-0.1, -0.05) is 30.3 Å². The maximum Gasteiger partial charge on any atom is 0.226 e. The second-order valence-electron chi connectivity index (χ2n) is 5.55. The largest absolute Gasteiger partial charge is 0.494 e. The minimum absolute atomic E-state index is 0.0199. The first-order chi connectivity index (χ1) is 11.8. The Labute approximate surface area is 140 Å². The van der Waals surface area contributed by atoms with Gasteiger partial charge < -0.3 is 10.1 Å². The van der Waals surface area contributed by atoms with Crippen LogP contribution in [0.15, 0.2) is 67.0 Å². The van der Waals surface area contributed by atoms with Crippen LogP contribution in [0, 0.1) is 0 Å². The van der Waals surface area contributed by atoms with Gasteiger partial charge in [0.2, 0.25) is 5.95 Å². The monoisotopic (exact) mass is 318 g/mol. The maximum atomic E-state index is 5.52. The van der Waals surface area contributed by atoms with Crippen molar-refractivity contribution in [2.45, 2.75) is 13.0 Å². The van der Waals surface area contributed by atoms with Crippen LogP contribution in [-0.4, -0.2) is 21.4 Å². The molecule has 1 aromatic heterocycles. The number of fused-ring (bicyclic) bond motifs is 1. The third-order valence-corrected chi connectivity index (χ3v) is 4.02. The Balaban J connectivity index is 1.72. The highest BCUT2D eigenvalue weighted by atomic mass is 16.5. The average molecular weight is 318 g/mol. The molecule has 4 rings (SSSR count). The standard InChI is InChI=1S/C19H18N4O/c1-2-24-16-10-8-14(9-11-16)17-12-18(15-6-4-3-5-7-15)23-19(22-17)20-13-21-23/h3-13,18H,2H2,1H3,(H,20,21,22)/t18-/m0/s1. The highest BCUT2D eigenvalue weighted by Crippen LogP contribution is 2.32. The molecule has 0 radical (unpaired) electrons. The van der Waals surface area contributed by atoms with Crippen LogP contribution in [0.25, 0.3) is 5.70 Å². The molecular weight excluding hydrogens is 300 g/mol. The number of hydrogen-bond donors (Lipinski definition) is 1. The van der Waals surface area contributed by atoms with E-state index in [0.717, 1.165) is 23.0 Å². The van der Waals surface area contributed by atoms with E-state index in [0.29, 0.717) is 6.61 Å². The fraction of sp³-hybridized carbons (Fsp3) is 0.158. The van der Waals surface area contributed by atoms with Gasteiger partial charge in [0.25, 0.3) is 0 Å². The van der Waals surface area contributed by atoms with Crippen LogP contribution in [0.3, 0.4) is 0 Å². The number of nitrogens with one attached hydrogen (secondary N) is 1. The minimum atomic E-state index is 0.0199. The number of ether oxygens (including phenoxy) is 1. The lowest BCUT2D eigenvalue weighted by Crippen LogP contribution is -2.20. The number of anilines is 1. The van der Waals surface area contributed by atoms with Crippen molar-refractivity contribution in [1.29, 1.82) is 0 Å². The van der Waals surface area contributed by atoms with E-state index >= 15 is 0 Å². The topological polar surface area (TPSA) is 52.0 Å². The van der Waals surface area contributed by atoms with E-state index in [1.807, 2.05) is 41.9 Å². The lowest BCUT2D eigenvalue weighted by Gasteiger charge is -2.24. The number of allylic oxidation sites excluding steroid dienone is 1. The van der Waals surface area contributed by atoms with Crippen molar-refractivity contribution in [3.8, 4) is 5.75 Å². The number of nitrogens with zero attached hydrogens (tertiary/aromatic N) is 3. The summed E-state index contributed by atoms with van der Waals surface area (Å²) in [4.78, 5) is 4.33. The first kappa shape index (κ1) is 14.5. The molecule has 0 bridgehead atoms. The maximum absolute atomic E-state index is 5.52. The summed E-state index contributed by atoms with van der Waals surface area (Å²) in [7, 11) is 0. The van der Waals surface area contributed by atoms with Crippen LogP contribution >= 0.6 is 0 Å². The predicted octanol–water partition coefficient (Wildman–Crippen LogP) is 3.73. The second kappa shape index (κ2) is 6.20. The zero-order chi connectivity index (χ0) is 16.4. The molecule has 0 aliphatic carbocycles. The first-order valence-electron chi connectivity index (χ1n) is 8.01. The normalized spacial score (nSPS) is 16.0. The fourth-order valence-electron chi connectivity index (χ4n) is 2.89. The van der Waals surface area contributed by atoms with E-state index in [1.165, 1.54) is 5.56 Å². The highest BCUT2D eigenvalue weighted by Gasteiger charge is 2.23. The van der Waals surface area contributed by atoms with Crippen LogP contribution in [0.5, 0.6) is 5.75 Å². The van der Waals surface area contributed by atoms with Gasteiger partial charge in [-0.05, 0) is 48.4 Å². The molecule has 2 aromatic carbocycles. The second-order valence-corrected chi connectivity index (χ2v) is 5.55. The van der Waals surface area contributed by atoms with Crippen LogP contribution in [0.2, 0.25) is 0 Å². The van der Waals surface area contributed by atoms with Gasteiger partial charge in [-0.2, -0.15) is 10.1 Å². The quantitative estimate of drug-likeness (QED) is 0.796. The van der Waals surface area contributed by atoms with Crippen molar-refractivity contribution >= 4 is 11.6 Å². The van der Waals surface area contributed by atoms with Crippen molar-refractivity contribution in [2.24, 2.45) is 0 Å². The summed E-state index contributed by atoms with van der Waals surface area (Å²) in [5, 5.41) is 7.71. The van der Waals surface area contributed by atoms with E-state index in [9.17, 15) is 0 Å². The summed E-state index contributed by atoms with van der Waals surface area (Å²) in [5.41, 5.74) is 3.29. The van der Waals surface area contributed by atoms with Gasteiger partial charge in [-0.25, -0.2) is 4.68 Å². The molecule has 0 fully saturated rings. The molecular formula is C19H18N4O. The molecule has 0 saturated carbocycles. The molecule has 1 aliphatic heterocycles. The van der Waals surface area contributed by atoms with Crippen LogP contribution in [0.1, 0.15) is 24.1 Å². The van der Waals surface area contributed by atoms with Crippen LogP contribution in [0.4, 0.5) is 5.95 Å². The molecule has 1 atom stereocenters. The molecule has 120 valence electrons. The smallest absolute Gasteiger partial charge is 0.226 e. The lowest BCUT2D eigenvalue weighted by molar-refractivity contribution is 0.340. The molecule has 0 spiro atoms. The summed E-state index contributed by atoms with van der Waals surface area (Å²) in [6.45, 7) is 2.65. The Morgan fingerprint density at radius 3 is 2.62 bits per heavy atom. The molecule has 24 heavy (non-hydrogen) atoms. The molecule has 0 saturated heterocycles.